The molecule has 0 saturated carbocycles. The van der Waals surface area contributed by atoms with Gasteiger partial charge >= 0.3 is 0 Å². The maximum atomic E-state index is 13.6. The van der Waals surface area contributed by atoms with Crippen LogP contribution in [0.5, 0.6) is 17.2 Å². The van der Waals surface area contributed by atoms with Gasteiger partial charge in [-0.25, -0.2) is 4.68 Å². The van der Waals surface area contributed by atoms with E-state index >= 15 is 0 Å². The zero-order chi connectivity index (χ0) is 30.3. The fraction of sp³-hybridized carbons (Fsp3) is 0.265. The van der Waals surface area contributed by atoms with E-state index in [4.69, 9.17) is 31.5 Å². The minimum absolute atomic E-state index is 0.107. The van der Waals surface area contributed by atoms with Crippen LogP contribution in [0, 0.1) is 6.92 Å². The number of unbranched alkanes of at least 4 members (excludes halogenated alkanes) is 1. The molecule has 5 rings (SSSR count). The van der Waals surface area contributed by atoms with Gasteiger partial charge in [-0.05, 0) is 79.4 Å². The minimum Gasteiger partial charge on any atom is -0.493 e. The lowest BCUT2D eigenvalue weighted by Gasteiger charge is -2.15. The smallest absolute Gasteiger partial charge is 0.266 e. The molecule has 1 saturated heterocycles. The van der Waals surface area contributed by atoms with Gasteiger partial charge in [0, 0.05) is 23.9 Å². The van der Waals surface area contributed by atoms with Crippen molar-refractivity contribution in [3.8, 4) is 34.2 Å². The minimum atomic E-state index is -0.107. The molecule has 2 heterocycles. The number of carbonyl (C=O) groups is 1. The van der Waals surface area contributed by atoms with Crippen LogP contribution >= 0.6 is 24.0 Å². The first-order valence-electron chi connectivity index (χ1n) is 14.3. The lowest BCUT2D eigenvalue weighted by molar-refractivity contribution is -0.122. The summed E-state index contributed by atoms with van der Waals surface area (Å²) in [5, 5.41) is 4.95. The number of hydrogen-bond donors (Lipinski definition) is 0. The number of ether oxygens (including phenoxy) is 3. The summed E-state index contributed by atoms with van der Waals surface area (Å²) in [5.41, 5.74) is 5.56. The third-order valence-corrected chi connectivity index (χ3v) is 8.58. The van der Waals surface area contributed by atoms with Crippen molar-refractivity contribution in [2.24, 2.45) is 0 Å². The van der Waals surface area contributed by atoms with Gasteiger partial charge in [0.05, 0.1) is 31.4 Å². The molecule has 0 spiro atoms. The summed E-state index contributed by atoms with van der Waals surface area (Å²) in [6.45, 7) is 5.35. The standard InChI is InChI=1S/C34H35N3O4S2/c1-5-6-18-41-28-15-13-25(19-23(28)2)32-26(22-37(35-32)27-10-8-7-9-11-27)21-31-33(38)36(34(42)43-31)17-16-24-12-14-29(39-3)30(20-24)40-4/h7-15,19-22H,5-6,16-18H2,1-4H3/b31-21-. The first-order valence-corrected chi connectivity index (χ1v) is 15.5. The van der Waals surface area contributed by atoms with Crippen molar-refractivity contribution in [2.75, 3.05) is 27.4 Å². The Morgan fingerprint density at radius 1 is 0.977 bits per heavy atom. The number of aryl methyl sites for hydroxylation is 1. The Labute approximate surface area is 262 Å². The van der Waals surface area contributed by atoms with Crippen LogP contribution in [0.1, 0.15) is 36.5 Å². The molecule has 9 heteroatoms. The molecule has 0 aliphatic carbocycles. The maximum Gasteiger partial charge on any atom is 0.266 e. The van der Waals surface area contributed by atoms with Gasteiger partial charge in [-0.2, -0.15) is 5.10 Å². The van der Waals surface area contributed by atoms with Gasteiger partial charge in [-0.1, -0.05) is 61.6 Å². The van der Waals surface area contributed by atoms with E-state index in [0.717, 1.165) is 52.2 Å². The molecular weight excluding hydrogens is 579 g/mol. The van der Waals surface area contributed by atoms with E-state index in [1.165, 1.54) is 11.8 Å². The topological polar surface area (TPSA) is 65.8 Å². The summed E-state index contributed by atoms with van der Waals surface area (Å²) in [6, 6.07) is 21.8. The number of rotatable bonds is 12. The van der Waals surface area contributed by atoms with Crippen molar-refractivity contribution < 1.29 is 19.0 Å². The first kappa shape index (κ1) is 30.4. The van der Waals surface area contributed by atoms with Crippen LogP contribution in [0.3, 0.4) is 0 Å². The van der Waals surface area contributed by atoms with E-state index < -0.39 is 0 Å². The number of aromatic nitrogens is 2. The molecule has 7 nitrogen and oxygen atoms in total. The van der Waals surface area contributed by atoms with Crippen LogP contribution in [0.2, 0.25) is 0 Å². The number of para-hydroxylation sites is 1. The molecule has 0 bridgehead atoms. The molecule has 1 amide bonds. The number of hydrogen-bond acceptors (Lipinski definition) is 7. The fourth-order valence-electron chi connectivity index (χ4n) is 4.83. The van der Waals surface area contributed by atoms with Gasteiger partial charge < -0.3 is 14.2 Å². The van der Waals surface area contributed by atoms with Gasteiger partial charge in [0.2, 0.25) is 0 Å². The number of nitrogens with zero attached hydrogens (tertiary/aromatic N) is 3. The van der Waals surface area contributed by atoms with E-state index in [1.54, 1.807) is 19.1 Å². The predicted molar refractivity (Wildman–Crippen MR) is 177 cm³/mol. The van der Waals surface area contributed by atoms with Crippen LogP contribution < -0.4 is 14.2 Å². The lowest BCUT2D eigenvalue weighted by atomic mass is 10.0. The van der Waals surface area contributed by atoms with E-state index in [9.17, 15) is 4.79 Å². The lowest BCUT2D eigenvalue weighted by Crippen LogP contribution is -2.30. The SMILES string of the molecule is CCCCOc1ccc(-c2nn(-c3ccccc3)cc2/C=C2\SC(=S)N(CCc3ccc(OC)c(OC)c3)C2=O)cc1C. The molecule has 1 aliphatic heterocycles. The van der Waals surface area contributed by atoms with Crippen molar-refractivity contribution in [3.05, 3.63) is 94.5 Å². The van der Waals surface area contributed by atoms with Crippen molar-refractivity contribution >= 4 is 40.3 Å². The number of methoxy groups -OCH3 is 2. The molecule has 0 unspecified atom stereocenters. The second kappa shape index (κ2) is 13.9. The third kappa shape index (κ3) is 6.95. The summed E-state index contributed by atoms with van der Waals surface area (Å²) in [4.78, 5) is 15.8. The van der Waals surface area contributed by atoms with E-state index in [-0.39, 0.29) is 5.91 Å². The van der Waals surface area contributed by atoms with Gasteiger partial charge in [-0.3, -0.25) is 9.69 Å². The van der Waals surface area contributed by atoms with Crippen LogP contribution in [0.15, 0.2) is 77.8 Å². The summed E-state index contributed by atoms with van der Waals surface area (Å²) in [6.07, 6.45) is 6.59. The Balaban J connectivity index is 1.42. The summed E-state index contributed by atoms with van der Waals surface area (Å²) >= 11 is 6.96. The van der Waals surface area contributed by atoms with E-state index in [1.807, 2.05) is 84.5 Å². The largest absolute Gasteiger partial charge is 0.493 e. The van der Waals surface area contributed by atoms with Crippen molar-refractivity contribution in [3.63, 3.8) is 0 Å². The van der Waals surface area contributed by atoms with Gasteiger partial charge in [0.1, 0.15) is 15.8 Å². The Bertz CT molecular complexity index is 1650. The highest BCUT2D eigenvalue weighted by molar-refractivity contribution is 8.26. The zero-order valence-electron chi connectivity index (χ0n) is 24.8. The van der Waals surface area contributed by atoms with Crippen LogP contribution in [-0.2, 0) is 11.2 Å². The molecule has 1 aromatic heterocycles. The number of amides is 1. The molecule has 222 valence electrons. The third-order valence-electron chi connectivity index (χ3n) is 7.20. The fourth-order valence-corrected chi connectivity index (χ4v) is 6.13. The highest BCUT2D eigenvalue weighted by atomic mass is 32.2. The van der Waals surface area contributed by atoms with Gasteiger partial charge in [-0.15, -0.1) is 0 Å². The average molecular weight is 614 g/mol. The molecule has 0 N–H and O–H groups in total. The van der Waals surface area contributed by atoms with Gasteiger partial charge in [0.15, 0.2) is 11.5 Å². The molecule has 4 aromatic rings. The van der Waals surface area contributed by atoms with E-state index in [2.05, 4.69) is 13.0 Å². The maximum absolute atomic E-state index is 13.6. The van der Waals surface area contributed by atoms with Crippen molar-refractivity contribution in [1.82, 2.24) is 14.7 Å². The van der Waals surface area contributed by atoms with Gasteiger partial charge in [0.25, 0.3) is 5.91 Å². The predicted octanol–water partition coefficient (Wildman–Crippen LogP) is 7.49. The molecule has 3 aromatic carbocycles. The van der Waals surface area contributed by atoms with E-state index in [0.29, 0.717) is 40.3 Å². The zero-order valence-corrected chi connectivity index (χ0v) is 26.5. The average Bonchev–Trinajstić information content (AvgIpc) is 3.56. The van der Waals surface area contributed by atoms with Crippen molar-refractivity contribution in [1.29, 1.82) is 0 Å². The number of thioether (sulfide) groups is 1. The monoisotopic (exact) mass is 613 g/mol. The molecule has 1 aliphatic rings. The molecular formula is C34H35N3O4S2. The second-order valence-electron chi connectivity index (χ2n) is 10.2. The Morgan fingerprint density at radius 2 is 1.74 bits per heavy atom. The summed E-state index contributed by atoms with van der Waals surface area (Å²) in [7, 11) is 3.22. The van der Waals surface area contributed by atoms with Crippen LogP contribution in [0.25, 0.3) is 23.0 Å². The van der Waals surface area contributed by atoms with Crippen LogP contribution in [0.4, 0.5) is 0 Å². The second-order valence-corrected chi connectivity index (χ2v) is 11.8. The normalized spacial score (nSPS) is 14.0. The number of benzene rings is 3. The Morgan fingerprint density at radius 3 is 2.47 bits per heavy atom. The molecule has 0 atom stereocenters. The highest BCUT2D eigenvalue weighted by Crippen LogP contribution is 2.36. The molecule has 43 heavy (non-hydrogen) atoms. The number of thiocarbonyl (C=S) groups is 1. The first-order chi connectivity index (χ1) is 20.9. The Hall–Kier alpha value is -4.08. The highest BCUT2D eigenvalue weighted by Gasteiger charge is 2.32. The Kier molecular flexibility index (Phi) is 9.84. The van der Waals surface area contributed by atoms with Crippen LogP contribution in [-0.4, -0.2) is 52.3 Å². The summed E-state index contributed by atoms with van der Waals surface area (Å²) in [5.74, 6) is 2.09. The molecule has 1 fully saturated rings. The quantitative estimate of drug-likeness (QED) is 0.0932. The van der Waals surface area contributed by atoms with Crippen molar-refractivity contribution in [2.45, 2.75) is 33.1 Å². The number of carbonyl (C=O) groups excluding carboxylic acids is 1. The molecule has 0 radical (unpaired) electrons. The summed E-state index contributed by atoms with van der Waals surface area (Å²) < 4.78 is 19.1.